The van der Waals surface area contributed by atoms with E-state index >= 15 is 0 Å². The molecule has 1 aliphatic heterocycles. The fourth-order valence-electron chi connectivity index (χ4n) is 3.70. The Morgan fingerprint density at radius 3 is 2.43 bits per heavy atom. The summed E-state index contributed by atoms with van der Waals surface area (Å²) in [4.78, 5) is 28.2. The minimum absolute atomic E-state index is 0.0515. The third-order valence-electron chi connectivity index (χ3n) is 5.56. The highest BCUT2D eigenvalue weighted by molar-refractivity contribution is 7.90. The number of rotatable bonds is 5. The Hall–Kier alpha value is -1.58. The van der Waals surface area contributed by atoms with Gasteiger partial charge < -0.3 is 4.90 Å². The molecule has 0 N–H and O–H groups in total. The molecule has 4 rings (SSSR count). The lowest BCUT2D eigenvalue weighted by atomic mass is 10.1. The molecule has 1 aliphatic carbocycles. The molecule has 1 saturated carbocycles. The number of nitrogens with zero attached hydrogens (tertiary/aromatic N) is 4. The number of carbonyl (C=O) groups excluding carboxylic acids is 1. The summed E-state index contributed by atoms with van der Waals surface area (Å²) >= 11 is 1.48. The normalized spacial score (nSPS) is 18.8. The van der Waals surface area contributed by atoms with Crippen molar-refractivity contribution in [1.82, 2.24) is 19.8 Å². The molecule has 9 heteroatoms. The van der Waals surface area contributed by atoms with Crippen LogP contribution in [0.4, 0.5) is 0 Å². The topological polar surface area (TPSA) is 83.5 Å². The van der Waals surface area contributed by atoms with Gasteiger partial charge in [-0.15, -0.1) is 11.3 Å². The van der Waals surface area contributed by atoms with E-state index in [0.717, 1.165) is 45.0 Å². The number of piperazine rings is 1. The van der Waals surface area contributed by atoms with Crippen molar-refractivity contribution in [2.75, 3.05) is 44.7 Å². The van der Waals surface area contributed by atoms with Crippen molar-refractivity contribution in [1.29, 1.82) is 0 Å². The molecule has 2 aromatic heterocycles. The second-order valence-corrected chi connectivity index (χ2v) is 11.2. The fraction of sp³-hybridized carbons (Fsp3) is 0.632. The zero-order valence-corrected chi connectivity index (χ0v) is 18.2. The fourth-order valence-corrected chi connectivity index (χ4v) is 5.50. The predicted molar refractivity (Wildman–Crippen MR) is 111 cm³/mol. The Balaban J connectivity index is 1.49. The highest BCUT2D eigenvalue weighted by Crippen LogP contribution is 2.40. The average molecular weight is 423 g/mol. The summed E-state index contributed by atoms with van der Waals surface area (Å²) in [6.07, 6.45) is 3.58. The van der Waals surface area contributed by atoms with Gasteiger partial charge in [-0.2, -0.15) is 0 Å². The molecule has 0 radical (unpaired) electrons. The number of aryl methyl sites for hydroxylation is 2. The second-order valence-electron chi connectivity index (χ2n) is 7.94. The van der Waals surface area contributed by atoms with Crippen LogP contribution in [-0.4, -0.2) is 78.8 Å². The number of sulfone groups is 1. The van der Waals surface area contributed by atoms with Gasteiger partial charge in [0.1, 0.15) is 20.5 Å². The van der Waals surface area contributed by atoms with E-state index in [1.807, 2.05) is 18.7 Å². The van der Waals surface area contributed by atoms with Crippen molar-refractivity contribution in [3.8, 4) is 0 Å². The van der Waals surface area contributed by atoms with Crippen LogP contribution in [0, 0.1) is 13.8 Å². The lowest BCUT2D eigenvalue weighted by Gasteiger charge is -2.34. The molecule has 152 valence electrons. The van der Waals surface area contributed by atoms with Crippen molar-refractivity contribution in [2.24, 2.45) is 0 Å². The van der Waals surface area contributed by atoms with Crippen LogP contribution in [0.2, 0.25) is 0 Å². The molecule has 7 nitrogen and oxygen atoms in total. The van der Waals surface area contributed by atoms with Crippen LogP contribution >= 0.6 is 11.3 Å². The minimum atomic E-state index is -2.96. The molecule has 0 aromatic carbocycles. The maximum absolute atomic E-state index is 13.1. The van der Waals surface area contributed by atoms with Crippen molar-refractivity contribution < 1.29 is 13.2 Å². The molecular formula is C19H26N4O3S2. The third kappa shape index (κ3) is 4.06. The Kier molecular flexibility index (Phi) is 5.18. The van der Waals surface area contributed by atoms with Gasteiger partial charge in [-0.05, 0) is 32.3 Å². The van der Waals surface area contributed by atoms with Crippen molar-refractivity contribution in [3.05, 3.63) is 22.0 Å². The summed E-state index contributed by atoms with van der Waals surface area (Å²) in [5, 5.41) is 1.02. The molecule has 1 amide bonds. The van der Waals surface area contributed by atoms with Crippen LogP contribution < -0.4 is 0 Å². The Labute approximate surface area is 169 Å². The van der Waals surface area contributed by atoms with E-state index in [9.17, 15) is 13.2 Å². The highest BCUT2D eigenvalue weighted by atomic mass is 32.2. The SMILES string of the molecule is Cc1nc(C2CC2)nc2sc(C(=O)N3CCN(CCS(C)(=O)=O)CC3)c(C)c12. The molecule has 1 saturated heterocycles. The van der Waals surface area contributed by atoms with Gasteiger partial charge in [-0.1, -0.05) is 0 Å². The molecule has 28 heavy (non-hydrogen) atoms. The number of thiophene rings is 1. The van der Waals surface area contributed by atoms with E-state index in [2.05, 4.69) is 9.88 Å². The van der Waals surface area contributed by atoms with Gasteiger partial charge in [0.15, 0.2) is 0 Å². The number of amides is 1. The van der Waals surface area contributed by atoms with Gasteiger partial charge >= 0.3 is 0 Å². The summed E-state index contributed by atoms with van der Waals surface area (Å²) < 4.78 is 22.7. The second kappa shape index (κ2) is 7.35. The van der Waals surface area contributed by atoms with Gasteiger partial charge in [0, 0.05) is 50.3 Å². The predicted octanol–water partition coefficient (Wildman–Crippen LogP) is 1.99. The van der Waals surface area contributed by atoms with E-state index in [0.29, 0.717) is 38.6 Å². The highest BCUT2D eigenvalue weighted by Gasteiger charge is 2.30. The van der Waals surface area contributed by atoms with Crippen LogP contribution in [0.25, 0.3) is 10.2 Å². The summed E-state index contributed by atoms with van der Waals surface area (Å²) in [6.45, 7) is 7.17. The molecule has 3 heterocycles. The lowest BCUT2D eigenvalue weighted by molar-refractivity contribution is 0.0648. The molecule has 0 atom stereocenters. The molecule has 0 unspecified atom stereocenters. The van der Waals surface area contributed by atoms with Crippen LogP contribution in [0.3, 0.4) is 0 Å². The molecule has 2 aromatic rings. The third-order valence-corrected chi connectivity index (χ3v) is 7.66. The maximum atomic E-state index is 13.1. The Morgan fingerprint density at radius 2 is 1.82 bits per heavy atom. The van der Waals surface area contributed by atoms with Crippen LogP contribution in [0.5, 0.6) is 0 Å². The maximum Gasteiger partial charge on any atom is 0.264 e. The zero-order valence-electron chi connectivity index (χ0n) is 16.6. The lowest BCUT2D eigenvalue weighted by Crippen LogP contribution is -2.49. The standard InChI is InChI=1S/C19H26N4O3S2/c1-12-15-13(2)20-17(14-4-5-14)21-18(15)27-16(12)19(24)23-8-6-22(7-9-23)10-11-28(3,25)26/h14H,4-11H2,1-3H3. The summed E-state index contributed by atoms with van der Waals surface area (Å²) in [6, 6.07) is 0. The molecule has 0 spiro atoms. The van der Waals surface area contributed by atoms with E-state index in [1.165, 1.54) is 17.6 Å². The summed E-state index contributed by atoms with van der Waals surface area (Å²) in [5.41, 5.74) is 1.94. The van der Waals surface area contributed by atoms with Gasteiger partial charge in [0.05, 0.1) is 16.3 Å². The van der Waals surface area contributed by atoms with Gasteiger partial charge in [-0.3, -0.25) is 9.69 Å². The largest absolute Gasteiger partial charge is 0.335 e. The number of fused-ring (bicyclic) bond motifs is 1. The summed E-state index contributed by atoms with van der Waals surface area (Å²) in [7, 11) is -2.96. The van der Waals surface area contributed by atoms with Crippen LogP contribution in [-0.2, 0) is 9.84 Å². The van der Waals surface area contributed by atoms with Crippen molar-refractivity contribution in [3.63, 3.8) is 0 Å². The molecule has 0 bridgehead atoms. The first-order valence-corrected chi connectivity index (χ1v) is 12.6. The van der Waals surface area contributed by atoms with E-state index in [4.69, 9.17) is 4.98 Å². The number of carbonyl (C=O) groups is 1. The van der Waals surface area contributed by atoms with Crippen molar-refractivity contribution >= 4 is 37.3 Å². The first-order valence-electron chi connectivity index (χ1n) is 9.70. The van der Waals surface area contributed by atoms with Crippen LogP contribution in [0.1, 0.15) is 45.5 Å². The number of hydrogen-bond acceptors (Lipinski definition) is 7. The van der Waals surface area contributed by atoms with E-state index < -0.39 is 9.84 Å². The van der Waals surface area contributed by atoms with Gasteiger partial charge in [0.25, 0.3) is 5.91 Å². The van der Waals surface area contributed by atoms with E-state index in [1.54, 1.807) is 0 Å². The van der Waals surface area contributed by atoms with E-state index in [-0.39, 0.29) is 11.7 Å². The Morgan fingerprint density at radius 1 is 1.14 bits per heavy atom. The smallest absolute Gasteiger partial charge is 0.264 e. The summed E-state index contributed by atoms with van der Waals surface area (Å²) in [5.74, 6) is 1.63. The quantitative estimate of drug-likeness (QED) is 0.733. The zero-order chi connectivity index (χ0) is 20.1. The first-order chi connectivity index (χ1) is 13.2. The molecule has 2 aliphatic rings. The van der Waals surface area contributed by atoms with Gasteiger partial charge in [0.2, 0.25) is 0 Å². The number of aromatic nitrogens is 2. The van der Waals surface area contributed by atoms with Gasteiger partial charge in [-0.25, -0.2) is 18.4 Å². The Bertz CT molecular complexity index is 1020. The first kappa shape index (κ1) is 19.7. The number of hydrogen-bond donors (Lipinski definition) is 0. The van der Waals surface area contributed by atoms with Crippen molar-refractivity contribution in [2.45, 2.75) is 32.6 Å². The minimum Gasteiger partial charge on any atom is -0.335 e. The molecular weight excluding hydrogens is 396 g/mol. The monoisotopic (exact) mass is 422 g/mol. The molecule has 2 fully saturated rings. The van der Waals surface area contributed by atoms with Crippen LogP contribution in [0.15, 0.2) is 0 Å². The average Bonchev–Trinajstić information content (AvgIpc) is 3.43.